The lowest BCUT2D eigenvalue weighted by atomic mass is 10.1. The van der Waals surface area contributed by atoms with Crippen LogP contribution in [0.1, 0.15) is 11.1 Å². The van der Waals surface area contributed by atoms with E-state index in [0.717, 1.165) is 18.2 Å². The summed E-state index contributed by atoms with van der Waals surface area (Å²) in [5.41, 5.74) is -0.285. The van der Waals surface area contributed by atoms with Crippen LogP contribution in [0.4, 0.5) is 13.2 Å². The zero-order valence-corrected chi connectivity index (χ0v) is 9.44. The molecular weight excluding hydrogens is 261 g/mol. The van der Waals surface area contributed by atoms with E-state index < -0.39 is 23.4 Å². The van der Waals surface area contributed by atoms with Gasteiger partial charge >= 0.3 is 12.1 Å². The molecule has 1 aromatic rings. The number of carbonyl (C=O) groups is 2. The number of ketones is 1. The van der Waals surface area contributed by atoms with Gasteiger partial charge in [0, 0.05) is 12.5 Å². The summed E-state index contributed by atoms with van der Waals surface area (Å²) in [6.07, 6.45) is -3.44. The third-order valence-corrected chi connectivity index (χ3v) is 2.42. The number of rotatable bonds is 2. The van der Waals surface area contributed by atoms with Crippen LogP contribution in [0.5, 0.6) is 0 Å². The molecule has 0 bridgehead atoms. The van der Waals surface area contributed by atoms with Crippen molar-refractivity contribution < 1.29 is 22.8 Å². The van der Waals surface area contributed by atoms with E-state index in [9.17, 15) is 22.8 Å². The van der Waals surface area contributed by atoms with Crippen molar-refractivity contribution in [2.75, 3.05) is 0 Å². The topological polar surface area (TPSA) is 58.9 Å². The first-order chi connectivity index (χ1) is 8.86. The number of amides is 1. The predicted octanol–water partition coefficient (Wildman–Crippen LogP) is 2.69. The maximum atomic E-state index is 12.5. The Morgan fingerprint density at radius 1 is 1.11 bits per heavy atom. The van der Waals surface area contributed by atoms with Crippen molar-refractivity contribution in [1.82, 2.24) is 0 Å². The van der Waals surface area contributed by atoms with Gasteiger partial charge in [0.05, 0.1) is 11.3 Å². The summed E-state index contributed by atoms with van der Waals surface area (Å²) >= 11 is 0. The number of azo groups is 1. The highest BCUT2D eigenvalue weighted by molar-refractivity contribution is 6.41. The van der Waals surface area contributed by atoms with Gasteiger partial charge in [-0.05, 0) is 11.6 Å². The first-order valence-corrected chi connectivity index (χ1v) is 5.23. The fourth-order valence-electron chi connectivity index (χ4n) is 1.55. The number of nitrogens with zero attached hydrogens (tertiary/aromatic N) is 2. The molecule has 7 heteroatoms. The number of alkyl halides is 3. The van der Waals surface area contributed by atoms with Crippen molar-refractivity contribution in [2.45, 2.75) is 12.6 Å². The van der Waals surface area contributed by atoms with Crippen molar-refractivity contribution in [3.8, 4) is 0 Å². The van der Waals surface area contributed by atoms with Crippen LogP contribution in [0.2, 0.25) is 0 Å². The summed E-state index contributed by atoms with van der Waals surface area (Å²) in [5.74, 6) is -1.80. The zero-order valence-electron chi connectivity index (χ0n) is 9.44. The monoisotopic (exact) mass is 268 g/mol. The number of halogens is 3. The summed E-state index contributed by atoms with van der Waals surface area (Å²) < 4.78 is 37.5. The van der Waals surface area contributed by atoms with Crippen molar-refractivity contribution in [2.24, 2.45) is 10.2 Å². The van der Waals surface area contributed by atoms with Crippen LogP contribution in [0.15, 0.2) is 46.3 Å². The molecule has 0 fully saturated rings. The van der Waals surface area contributed by atoms with Crippen LogP contribution in [0.25, 0.3) is 0 Å². The molecule has 0 aromatic heterocycles. The van der Waals surface area contributed by atoms with Gasteiger partial charge in [0.2, 0.25) is 5.78 Å². The third-order valence-electron chi connectivity index (χ3n) is 2.42. The lowest BCUT2D eigenvalue weighted by molar-refractivity contribution is -0.137. The SMILES string of the molecule is O=C1C=C(Cc2cccc(C(F)(F)F)c2)N=NC1=O. The van der Waals surface area contributed by atoms with Crippen molar-refractivity contribution >= 4 is 11.7 Å². The molecule has 0 aliphatic carbocycles. The normalized spacial score (nSPS) is 15.6. The molecule has 0 saturated heterocycles. The van der Waals surface area contributed by atoms with Gasteiger partial charge < -0.3 is 0 Å². The fourth-order valence-corrected chi connectivity index (χ4v) is 1.55. The van der Waals surface area contributed by atoms with Crippen LogP contribution in [0.3, 0.4) is 0 Å². The number of hydrogen-bond acceptors (Lipinski definition) is 3. The Balaban J connectivity index is 2.21. The molecule has 0 spiro atoms. The number of allylic oxidation sites excluding steroid dienone is 1. The van der Waals surface area contributed by atoms with E-state index in [-0.39, 0.29) is 12.1 Å². The zero-order chi connectivity index (χ0) is 14.0. The fraction of sp³-hybridized carbons (Fsp3) is 0.167. The first-order valence-electron chi connectivity index (χ1n) is 5.23. The maximum absolute atomic E-state index is 12.5. The Bertz CT molecular complexity index is 603. The van der Waals surface area contributed by atoms with Crippen molar-refractivity contribution in [1.29, 1.82) is 0 Å². The summed E-state index contributed by atoms with van der Waals surface area (Å²) in [5, 5.41) is 6.59. The quantitative estimate of drug-likeness (QED) is 0.774. The third kappa shape index (κ3) is 3.12. The van der Waals surface area contributed by atoms with Gasteiger partial charge in [0.15, 0.2) is 0 Å². The Kier molecular flexibility index (Phi) is 3.28. The highest BCUT2D eigenvalue weighted by Gasteiger charge is 2.30. The molecule has 0 N–H and O–H groups in total. The molecule has 0 radical (unpaired) electrons. The molecule has 0 atom stereocenters. The molecule has 4 nitrogen and oxygen atoms in total. The Labute approximate surface area is 105 Å². The minimum Gasteiger partial charge on any atom is -0.284 e. The minimum atomic E-state index is -4.43. The Hall–Kier alpha value is -2.31. The van der Waals surface area contributed by atoms with E-state index in [1.165, 1.54) is 12.1 Å². The second-order valence-corrected chi connectivity index (χ2v) is 3.88. The average Bonchev–Trinajstić information content (AvgIpc) is 2.33. The average molecular weight is 268 g/mol. The first kappa shape index (κ1) is 13.1. The molecule has 0 unspecified atom stereocenters. The van der Waals surface area contributed by atoms with E-state index in [2.05, 4.69) is 10.2 Å². The van der Waals surface area contributed by atoms with Gasteiger partial charge in [-0.3, -0.25) is 9.59 Å². The molecule has 98 valence electrons. The van der Waals surface area contributed by atoms with E-state index in [4.69, 9.17) is 0 Å². The standard InChI is InChI=1S/C12H7F3N2O2/c13-12(14,15)8-3-1-2-7(4-8)5-9-6-10(18)11(19)17-16-9/h1-4,6H,5H2. The van der Waals surface area contributed by atoms with Gasteiger partial charge in [-0.1, -0.05) is 18.2 Å². The predicted molar refractivity (Wildman–Crippen MR) is 58.1 cm³/mol. The van der Waals surface area contributed by atoms with Crippen LogP contribution >= 0.6 is 0 Å². The molecule has 1 heterocycles. The summed E-state index contributed by atoms with van der Waals surface area (Å²) in [7, 11) is 0. The highest BCUT2D eigenvalue weighted by atomic mass is 19.4. The van der Waals surface area contributed by atoms with E-state index in [1.807, 2.05) is 0 Å². The Morgan fingerprint density at radius 2 is 1.84 bits per heavy atom. The van der Waals surface area contributed by atoms with Gasteiger partial charge in [0.1, 0.15) is 0 Å². The number of hydrogen-bond donors (Lipinski definition) is 0. The largest absolute Gasteiger partial charge is 0.416 e. The van der Waals surface area contributed by atoms with Crippen LogP contribution in [0, 0.1) is 0 Å². The van der Waals surface area contributed by atoms with Crippen molar-refractivity contribution in [3.63, 3.8) is 0 Å². The van der Waals surface area contributed by atoms with Crippen LogP contribution in [-0.2, 0) is 22.2 Å². The highest BCUT2D eigenvalue weighted by Crippen LogP contribution is 2.30. The van der Waals surface area contributed by atoms with E-state index in [0.29, 0.717) is 5.56 Å². The van der Waals surface area contributed by atoms with Gasteiger partial charge in [-0.15, -0.1) is 5.11 Å². The lowest BCUT2D eigenvalue weighted by Crippen LogP contribution is -2.12. The molecule has 19 heavy (non-hydrogen) atoms. The molecule has 1 aliphatic heterocycles. The molecular formula is C12H7F3N2O2. The van der Waals surface area contributed by atoms with Gasteiger partial charge in [-0.2, -0.15) is 18.3 Å². The second-order valence-electron chi connectivity index (χ2n) is 3.88. The molecule has 1 aromatic carbocycles. The van der Waals surface area contributed by atoms with Crippen LogP contribution < -0.4 is 0 Å². The molecule has 2 rings (SSSR count). The van der Waals surface area contributed by atoms with Crippen LogP contribution in [-0.4, -0.2) is 11.7 Å². The summed E-state index contributed by atoms with van der Waals surface area (Å²) in [6, 6.07) is 4.67. The summed E-state index contributed by atoms with van der Waals surface area (Å²) in [6.45, 7) is 0. The number of carbonyl (C=O) groups excluding carboxylic acids is 2. The molecule has 1 aliphatic rings. The van der Waals surface area contributed by atoms with Gasteiger partial charge in [0.25, 0.3) is 0 Å². The minimum absolute atomic E-state index is 0.00639. The number of benzene rings is 1. The maximum Gasteiger partial charge on any atom is 0.416 e. The van der Waals surface area contributed by atoms with Crippen molar-refractivity contribution in [3.05, 3.63) is 47.2 Å². The Morgan fingerprint density at radius 3 is 2.47 bits per heavy atom. The summed E-state index contributed by atoms with van der Waals surface area (Å²) in [4.78, 5) is 21.8. The van der Waals surface area contributed by atoms with Gasteiger partial charge in [-0.25, -0.2) is 0 Å². The second kappa shape index (κ2) is 4.75. The molecule has 1 amide bonds. The smallest absolute Gasteiger partial charge is 0.284 e. The van der Waals surface area contributed by atoms with E-state index in [1.54, 1.807) is 0 Å². The lowest BCUT2D eigenvalue weighted by Gasteiger charge is -2.09. The molecule has 0 saturated carbocycles. The van der Waals surface area contributed by atoms with E-state index >= 15 is 0 Å².